The fourth-order valence-electron chi connectivity index (χ4n) is 1.24. The normalized spacial score (nSPS) is 13.2. The quantitative estimate of drug-likeness (QED) is 0.905. The molecule has 0 aliphatic heterocycles. The smallest absolute Gasteiger partial charge is 0.410 e. The minimum Gasteiger partial charge on any atom is -0.444 e. The van der Waals surface area contributed by atoms with Crippen molar-refractivity contribution >= 4 is 17.4 Å². The number of thiophene rings is 1. The van der Waals surface area contributed by atoms with Crippen LogP contribution in [0.15, 0.2) is 16.8 Å². The number of aliphatic hydroxyl groups is 1. The fourth-order valence-corrected chi connectivity index (χ4v) is 1.95. The average Bonchev–Trinajstić information content (AvgIpc) is 2.67. The van der Waals surface area contributed by atoms with Gasteiger partial charge in [-0.25, -0.2) is 4.79 Å². The van der Waals surface area contributed by atoms with E-state index in [0.717, 1.165) is 5.56 Å². The van der Waals surface area contributed by atoms with E-state index in [0.29, 0.717) is 0 Å². The van der Waals surface area contributed by atoms with E-state index in [1.54, 1.807) is 7.05 Å². The molecule has 1 aromatic rings. The maximum atomic E-state index is 11.7. The van der Waals surface area contributed by atoms with Gasteiger partial charge >= 0.3 is 6.09 Å². The van der Waals surface area contributed by atoms with Gasteiger partial charge in [-0.05, 0) is 43.2 Å². The van der Waals surface area contributed by atoms with Crippen LogP contribution in [-0.2, 0) is 4.74 Å². The summed E-state index contributed by atoms with van der Waals surface area (Å²) in [7, 11) is 1.61. The van der Waals surface area contributed by atoms with Crippen LogP contribution in [0, 0.1) is 0 Å². The summed E-state index contributed by atoms with van der Waals surface area (Å²) in [6, 6.07) is 1.85. The number of ether oxygens (including phenoxy) is 1. The van der Waals surface area contributed by atoms with Crippen LogP contribution in [0.2, 0.25) is 0 Å². The summed E-state index contributed by atoms with van der Waals surface area (Å²) >= 11 is 1.52. The topological polar surface area (TPSA) is 49.8 Å². The Morgan fingerprint density at radius 3 is 2.71 bits per heavy atom. The lowest BCUT2D eigenvalue weighted by Gasteiger charge is -2.25. The molecule has 5 heteroatoms. The number of carbonyl (C=O) groups is 1. The van der Waals surface area contributed by atoms with Crippen molar-refractivity contribution in [2.75, 3.05) is 13.6 Å². The van der Waals surface area contributed by atoms with Crippen molar-refractivity contribution in [1.29, 1.82) is 0 Å². The molecule has 4 nitrogen and oxygen atoms in total. The molecule has 0 saturated heterocycles. The van der Waals surface area contributed by atoms with Gasteiger partial charge in [0, 0.05) is 7.05 Å². The van der Waals surface area contributed by atoms with E-state index in [2.05, 4.69) is 0 Å². The first kappa shape index (κ1) is 14.0. The summed E-state index contributed by atoms with van der Waals surface area (Å²) in [5, 5.41) is 13.6. The minimum atomic E-state index is -0.668. The summed E-state index contributed by atoms with van der Waals surface area (Å²) in [5.74, 6) is 0. The zero-order valence-electron chi connectivity index (χ0n) is 10.6. The van der Waals surface area contributed by atoms with Crippen LogP contribution in [0.1, 0.15) is 32.4 Å². The zero-order valence-corrected chi connectivity index (χ0v) is 11.5. The molecule has 0 spiro atoms. The average molecular weight is 257 g/mol. The Kier molecular flexibility index (Phi) is 4.54. The molecule has 1 atom stereocenters. The second-order valence-electron chi connectivity index (χ2n) is 4.93. The lowest BCUT2D eigenvalue weighted by atomic mass is 10.2. The number of rotatable bonds is 3. The van der Waals surface area contributed by atoms with Crippen molar-refractivity contribution < 1.29 is 14.6 Å². The van der Waals surface area contributed by atoms with E-state index >= 15 is 0 Å². The number of hydrogen-bond acceptors (Lipinski definition) is 4. The highest BCUT2D eigenvalue weighted by molar-refractivity contribution is 7.07. The highest BCUT2D eigenvalue weighted by Crippen LogP contribution is 2.18. The molecule has 96 valence electrons. The van der Waals surface area contributed by atoms with Gasteiger partial charge in [0.15, 0.2) is 0 Å². The lowest BCUT2D eigenvalue weighted by Crippen LogP contribution is -2.36. The summed E-state index contributed by atoms with van der Waals surface area (Å²) < 4.78 is 5.20. The van der Waals surface area contributed by atoms with Crippen LogP contribution in [0.4, 0.5) is 4.79 Å². The number of aliphatic hydroxyl groups excluding tert-OH is 1. The van der Waals surface area contributed by atoms with E-state index in [-0.39, 0.29) is 6.54 Å². The van der Waals surface area contributed by atoms with Crippen LogP contribution in [-0.4, -0.2) is 35.3 Å². The first-order valence-electron chi connectivity index (χ1n) is 5.44. The van der Waals surface area contributed by atoms with E-state index in [1.165, 1.54) is 16.2 Å². The molecule has 0 bridgehead atoms. The lowest BCUT2D eigenvalue weighted by molar-refractivity contribution is 0.0205. The van der Waals surface area contributed by atoms with Gasteiger partial charge < -0.3 is 14.7 Å². The van der Waals surface area contributed by atoms with Crippen molar-refractivity contribution in [3.63, 3.8) is 0 Å². The highest BCUT2D eigenvalue weighted by Gasteiger charge is 2.21. The molecule has 1 rings (SSSR count). The van der Waals surface area contributed by atoms with Gasteiger partial charge in [0.05, 0.1) is 12.6 Å². The van der Waals surface area contributed by atoms with Gasteiger partial charge in [-0.1, -0.05) is 0 Å². The minimum absolute atomic E-state index is 0.228. The first-order valence-corrected chi connectivity index (χ1v) is 6.38. The standard InChI is InChI=1S/C12H19NO3S/c1-12(2,3)16-11(15)13(4)7-10(14)9-5-6-17-8-9/h5-6,8,10,14H,7H2,1-4H3. The Balaban J connectivity index is 2.49. The third-order valence-corrected chi connectivity index (χ3v) is 2.78. The molecule has 1 heterocycles. The summed E-state index contributed by atoms with van der Waals surface area (Å²) in [4.78, 5) is 13.0. The number of likely N-dealkylation sites (N-methyl/N-ethyl adjacent to an activating group) is 1. The van der Waals surface area contributed by atoms with Gasteiger partial charge in [-0.3, -0.25) is 0 Å². The van der Waals surface area contributed by atoms with Gasteiger partial charge in [0.2, 0.25) is 0 Å². The Morgan fingerprint density at radius 1 is 1.59 bits per heavy atom. The molecule has 0 aliphatic carbocycles. The van der Waals surface area contributed by atoms with Gasteiger partial charge in [0.25, 0.3) is 0 Å². The molecule has 1 N–H and O–H groups in total. The van der Waals surface area contributed by atoms with E-state index in [4.69, 9.17) is 4.74 Å². The number of carbonyl (C=O) groups excluding carboxylic acids is 1. The van der Waals surface area contributed by atoms with Crippen LogP contribution in [0.5, 0.6) is 0 Å². The SMILES string of the molecule is CN(CC(O)c1ccsc1)C(=O)OC(C)(C)C. The van der Waals surface area contributed by atoms with Crippen molar-refractivity contribution in [2.45, 2.75) is 32.5 Å². The zero-order chi connectivity index (χ0) is 13.1. The van der Waals surface area contributed by atoms with Crippen molar-refractivity contribution in [3.05, 3.63) is 22.4 Å². The molecule has 17 heavy (non-hydrogen) atoms. The fraction of sp³-hybridized carbons (Fsp3) is 0.583. The number of hydrogen-bond donors (Lipinski definition) is 1. The molecule has 0 radical (unpaired) electrons. The first-order chi connectivity index (χ1) is 7.79. The molecule has 0 saturated carbocycles. The Labute approximate surface area is 106 Å². The van der Waals surface area contributed by atoms with Gasteiger partial charge in [-0.2, -0.15) is 11.3 Å². The van der Waals surface area contributed by atoms with Crippen LogP contribution in [0.25, 0.3) is 0 Å². The van der Waals surface area contributed by atoms with E-state index in [9.17, 15) is 9.90 Å². The number of nitrogens with zero attached hydrogens (tertiary/aromatic N) is 1. The third-order valence-electron chi connectivity index (χ3n) is 2.08. The second-order valence-corrected chi connectivity index (χ2v) is 5.71. The summed E-state index contributed by atoms with van der Waals surface area (Å²) in [6.45, 7) is 5.67. The monoisotopic (exact) mass is 257 g/mol. The molecule has 1 unspecified atom stereocenters. The Hall–Kier alpha value is -1.07. The van der Waals surface area contributed by atoms with Gasteiger partial charge in [0.1, 0.15) is 5.60 Å². The maximum Gasteiger partial charge on any atom is 0.410 e. The number of amides is 1. The van der Waals surface area contributed by atoms with E-state index in [1.807, 2.05) is 37.6 Å². The summed E-state index contributed by atoms with van der Waals surface area (Å²) in [6.07, 6.45) is -1.09. The molecule has 1 aromatic heterocycles. The molecule has 0 aromatic carbocycles. The molecular weight excluding hydrogens is 238 g/mol. The van der Waals surface area contributed by atoms with E-state index < -0.39 is 17.8 Å². The molecular formula is C12H19NO3S. The van der Waals surface area contributed by atoms with Crippen LogP contribution in [0.3, 0.4) is 0 Å². The maximum absolute atomic E-state index is 11.7. The second kappa shape index (κ2) is 5.51. The van der Waals surface area contributed by atoms with Crippen molar-refractivity contribution in [3.8, 4) is 0 Å². The molecule has 0 fully saturated rings. The van der Waals surface area contributed by atoms with Gasteiger partial charge in [-0.15, -0.1) is 0 Å². The highest BCUT2D eigenvalue weighted by atomic mass is 32.1. The van der Waals surface area contributed by atoms with Crippen molar-refractivity contribution in [2.24, 2.45) is 0 Å². The van der Waals surface area contributed by atoms with Crippen LogP contribution >= 0.6 is 11.3 Å². The third kappa shape index (κ3) is 4.75. The Morgan fingerprint density at radius 2 is 2.24 bits per heavy atom. The largest absolute Gasteiger partial charge is 0.444 e. The summed E-state index contributed by atoms with van der Waals surface area (Å²) in [5.41, 5.74) is 0.309. The predicted molar refractivity (Wildman–Crippen MR) is 68.1 cm³/mol. The van der Waals surface area contributed by atoms with Crippen molar-refractivity contribution in [1.82, 2.24) is 4.90 Å². The van der Waals surface area contributed by atoms with Crippen LogP contribution < -0.4 is 0 Å². The molecule has 1 amide bonds. The Bertz CT molecular complexity index is 356. The molecule has 0 aliphatic rings. The predicted octanol–water partition coefficient (Wildman–Crippen LogP) is 2.65.